The van der Waals surface area contributed by atoms with Crippen LogP contribution < -0.4 is 10.6 Å². The molecule has 4 atom stereocenters. The van der Waals surface area contributed by atoms with Gasteiger partial charge in [0, 0.05) is 18.1 Å². The molecule has 0 aromatic carbocycles. The van der Waals surface area contributed by atoms with Crippen LogP contribution in [0.2, 0.25) is 0 Å². The van der Waals surface area contributed by atoms with Crippen LogP contribution >= 0.6 is 12.4 Å². The average Bonchev–Trinajstić information content (AvgIpc) is 3.18. The summed E-state index contributed by atoms with van der Waals surface area (Å²) in [5.74, 6) is 1.62. The first-order valence-corrected chi connectivity index (χ1v) is 9.64. The van der Waals surface area contributed by atoms with E-state index in [0.717, 1.165) is 19.0 Å². The Morgan fingerprint density at radius 1 is 1.17 bits per heavy atom. The molecule has 24 heavy (non-hydrogen) atoms. The van der Waals surface area contributed by atoms with E-state index >= 15 is 0 Å². The maximum Gasteiger partial charge on any atom is 0.234 e. The zero-order valence-electron chi connectivity index (χ0n) is 15.9. The van der Waals surface area contributed by atoms with Crippen LogP contribution in [0.3, 0.4) is 0 Å². The number of nitrogens with zero attached hydrogens (tertiary/aromatic N) is 1. The number of amides is 1. The van der Waals surface area contributed by atoms with Gasteiger partial charge in [0.05, 0.1) is 6.54 Å². The Labute approximate surface area is 153 Å². The third kappa shape index (κ3) is 3.34. The number of hydrogen-bond donors (Lipinski definition) is 2. The maximum absolute atomic E-state index is 12.5. The van der Waals surface area contributed by atoms with Crippen molar-refractivity contribution in [1.29, 1.82) is 0 Å². The molecule has 2 saturated carbocycles. The van der Waals surface area contributed by atoms with Gasteiger partial charge in [-0.2, -0.15) is 0 Å². The molecule has 4 unspecified atom stereocenters. The second-order valence-corrected chi connectivity index (χ2v) is 8.73. The number of carbonyl (C=O) groups excluding carboxylic acids is 1. The lowest BCUT2D eigenvalue weighted by Crippen LogP contribution is -2.60. The van der Waals surface area contributed by atoms with Gasteiger partial charge in [0.15, 0.2) is 0 Å². The molecule has 1 aliphatic heterocycles. The van der Waals surface area contributed by atoms with Gasteiger partial charge in [-0.05, 0) is 69.4 Å². The van der Waals surface area contributed by atoms with E-state index in [1.165, 1.54) is 38.6 Å². The van der Waals surface area contributed by atoms with Crippen LogP contribution in [0, 0.1) is 17.3 Å². The minimum absolute atomic E-state index is 0. The van der Waals surface area contributed by atoms with Gasteiger partial charge in [-0.25, -0.2) is 0 Å². The number of rotatable bonds is 6. The Balaban J connectivity index is 0.00000208. The van der Waals surface area contributed by atoms with E-state index in [1.54, 1.807) is 0 Å². The van der Waals surface area contributed by atoms with Crippen molar-refractivity contribution in [3.05, 3.63) is 0 Å². The molecule has 0 aromatic heterocycles. The molecule has 4 nitrogen and oxygen atoms in total. The van der Waals surface area contributed by atoms with Crippen molar-refractivity contribution >= 4 is 18.3 Å². The highest BCUT2D eigenvalue weighted by Crippen LogP contribution is 2.61. The number of likely N-dealkylation sites (tertiary alicyclic amines) is 1. The van der Waals surface area contributed by atoms with Crippen LogP contribution in [0.4, 0.5) is 0 Å². The molecule has 1 saturated heterocycles. The lowest BCUT2D eigenvalue weighted by Gasteiger charge is -2.48. The third-order valence-electron chi connectivity index (χ3n) is 7.58. The van der Waals surface area contributed by atoms with Gasteiger partial charge in [0.1, 0.15) is 0 Å². The zero-order valence-corrected chi connectivity index (χ0v) is 16.7. The highest BCUT2D eigenvalue weighted by molar-refractivity contribution is 5.85. The monoisotopic (exact) mass is 357 g/mol. The van der Waals surface area contributed by atoms with Crippen LogP contribution in [-0.2, 0) is 4.79 Å². The molecule has 2 aliphatic carbocycles. The molecule has 3 fully saturated rings. The minimum Gasteiger partial charge on any atom is -0.349 e. The first kappa shape index (κ1) is 20.0. The summed E-state index contributed by atoms with van der Waals surface area (Å²) in [6.07, 6.45) is 6.48. The molecule has 2 N–H and O–H groups in total. The molecule has 1 heterocycles. The van der Waals surface area contributed by atoms with Gasteiger partial charge in [0.25, 0.3) is 0 Å². The normalized spacial score (nSPS) is 37.4. The van der Waals surface area contributed by atoms with Crippen molar-refractivity contribution in [3.8, 4) is 0 Å². The molecule has 0 aromatic rings. The van der Waals surface area contributed by atoms with Crippen molar-refractivity contribution < 1.29 is 4.79 Å². The molecule has 0 spiro atoms. The lowest BCUT2D eigenvalue weighted by molar-refractivity contribution is -0.124. The Hall–Kier alpha value is -0.320. The van der Waals surface area contributed by atoms with Crippen LogP contribution in [0.5, 0.6) is 0 Å². The average molecular weight is 358 g/mol. The van der Waals surface area contributed by atoms with E-state index in [1.807, 2.05) is 0 Å². The van der Waals surface area contributed by atoms with Gasteiger partial charge < -0.3 is 10.6 Å². The number of fused-ring (bicyclic) bond motifs is 2. The lowest BCUT2D eigenvalue weighted by atomic mass is 9.64. The van der Waals surface area contributed by atoms with E-state index in [0.29, 0.717) is 18.5 Å². The summed E-state index contributed by atoms with van der Waals surface area (Å²) in [4.78, 5) is 15.0. The van der Waals surface area contributed by atoms with Crippen molar-refractivity contribution in [2.75, 3.05) is 26.2 Å². The second-order valence-electron chi connectivity index (χ2n) is 8.73. The van der Waals surface area contributed by atoms with Crippen molar-refractivity contribution in [3.63, 3.8) is 0 Å². The molecule has 2 bridgehead atoms. The molecule has 0 radical (unpaired) electrons. The molecular formula is C19H36ClN3O. The van der Waals surface area contributed by atoms with Gasteiger partial charge >= 0.3 is 0 Å². The fraction of sp³-hybridized carbons (Fsp3) is 0.947. The van der Waals surface area contributed by atoms with Crippen LogP contribution in [0.1, 0.15) is 59.8 Å². The molecular weight excluding hydrogens is 322 g/mol. The smallest absolute Gasteiger partial charge is 0.234 e. The Kier molecular flexibility index (Phi) is 6.26. The van der Waals surface area contributed by atoms with Crippen LogP contribution in [0.25, 0.3) is 0 Å². The summed E-state index contributed by atoms with van der Waals surface area (Å²) in [6.45, 7) is 12.9. The second kappa shape index (κ2) is 7.51. The number of nitrogens with one attached hydrogen (secondary N) is 2. The number of likely N-dealkylation sites (N-methyl/N-ethyl adjacent to an activating group) is 1. The first-order chi connectivity index (χ1) is 10.9. The topological polar surface area (TPSA) is 44.4 Å². The van der Waals surface area contributed by atoms with Gasteiger partial charge in [-0.1, -0.05) is 20.8 Å². The van der Waals surface area contributed by atoms with E-state index in [9.17, 15) is 4.79 Å². The van der Waals surface area contributed by atoms with Crippen LogP contribution in [-0.4, -0.2) is 48.6 Å². The fourth-order valence-corrected chi connectivity index (χ4v) is 5.60. The molecule has 5 heteroatoms. The van der Waals surface area contributed by atoms with Crippen molar-refractivity contribution in [2.45, 2.75) is 71.4 Å². The Morgan fingerprint density at radius 2 is 1.88 bits per heavy atom. The number of hydrogen-bond acceptors (Lipinski definition) is 3. The van der Waals surface area contributed by atoms with Crippen molar-refractivity contribution in [1.82, 2.24) is 15.5 Å². The molecule has 3 aliphatic rings. The molecule has 3 rings (SSSR count). The largest absolute Gasteiger partial charge is 0.349 e. The highest BCUT2D eigenvalue weighted by Gasteiger charge is 2.60. The predicted octanol–water partition coefficient (Wildman–Crippen LogP) is 2.81. The quantitative estimate of drug-likeness (QED) is 0.768. The predicted molar refractivity (Wildman–Crippen MR) is 102 cm³/mol. The SMILES string of the molecule is CCN1CCCC1CNCC(=O)NC1(C)C2CCC(C2)C1(C)C.Cl. The van der Waals surface area contributed by atoms with Gasteiger partial charge in [-0.15, -0.1) is 12.4 Å². The molecule has 140 valence electrons. The summed E-state index contributed by atoms with van der Waals surface area (Å²) in [7, 11) is 0. The van der Waals surface area contributed by atoms with Gasteiger partial charge in [-0.3, -0.25) is 9.69 Å². The zero-order chi connectivity index (χ0) is 16.7. The summed E-state index contributed by atoms with van der Waals surface area (Å²) >= 11 is 0. The highest BCUT2D eigenvalue weighted by atomic mass is 35.5. The Bertz CT molecular complexity index is 456. The fourth-order valence-electron chi connectivity index (χ4n) is 5.60. The standard InChI is InChI=1S/C19H35N3O.ClH/c1-5-22-10-6-7-16(22)12-20-13-17(23)21-19(4)15-9-8-14(11-15)18(19,2)3;/h14-16,20H,5-13H2,1-4H3,(H,21,23);1H. The van der Waals surface area contributed by atoms with E-state index in [-0.39, 0.29) is 29.3 Å². The van der Waals surface area contributed by atoms with Crippen LogP contribution in [0.15, 0.2) is 0 Å². The minimum atomic E-state index is -0.0303. The molecule has 1 amide bonds. The first-order valence-electron chi connectivity index (χ1n) is 9.64. The summed E-state index contributed by atoms with van der Waals surface area (Å²) in [5.41, 5.74) is 0.188. The summed E-state index contributed by atoms with van der Waals surface area (Å²) in [5, 5.41) is 6.81. The van der Waals surface area contributed by atoms with E-state index in [2.05, 4.69) is 43.2 Å². The third-order valence-corrected chi connectivity index (χ3v) is 7.58. The van der Waals surface area contributed by atoms with Crippen molar-refractivity contribution in [2.24, 2.45) is 17.3 Å². The number of carbonyl (C=O) groups is 1. The van der Waals surface area contributed by atoms with E-state index < -0.39 is 0 Å². The number of halogens is 1. The maximum atomic E-state index is 12.5. The Morgan fingerprint density at radius 3 is 2.50 bits per heavy atom. The van der Waals surface area contributed by atoms with Gasteiger partial charge in [0.2, 0.25) is 5.91 Å². The summed E-state index contributed by atoms with van der Waals surface area (Å²) in [6, 6.07) is 0.613. The summed E-state index contributed by atoms with van der Waals surface area (Å²) < 4.78 is 0. The van der Waals surface area contributed by atoms with E-state index in [4.69, 9.17) is 0 Å².